The largest absolute Gasteiger partial charge is 0.339 e. The number of thiazole rings is 1. The Morgan fingerprint density at radius 1 is 1.14 bits per heavy atom. The minimum atomic E-state index is -0.120. The van der Waals surface area contributed by atoms with E-state index < -0.39 is 0 Å². The number of anilines is 1. The monoisotopic (exact) mass is 433 g/mol. The number of thioether (sulfide) groups is 1. The van der Waals surface area contributed by atoms with Crippen LogP contribution in [0.1, 0.15) is 24.2 Å². The van der Waals surface area contributed by atoms with Crippen molar-refractivity contribution in [2.24, 2.45) is 0 Å². The minimum absolute atomic E-state index is 0.00521. The first-order chi connectivity index (χ1) is 13.5. The fraction of sp³-hybridized carbons (Fsp3) is 0.250. The number of nitrogens with zero attached hydrogens (tertiary/aromatic N) is 2. The van der Waals surface area contributed by atoms with Crippen LogP contribution in [0.2, 0.25) is 5.02 Å². The highest BCUT2D eigenvalue weighted by atomic mass is 35.5. The van der Waals surface area contributed by atoms with Crippen LogP contribution < -0.4 is 5.32 Å². The number of hydrogen-bond acceptors (Lipinski definition) is 5. The van der Waals surface area contributed by atoms with Gasteiger partial charge in [0.05, 0.1) is 16.0 Å². The number of fused-ring (bicyclic) bond motifs is 1. The summed E-state index contributed by atoms with van der Waals surface area (Å²) in [5.41, 5.74) is 2.12. The molecular formula is C20H20ClN3O2S2. The Morgan fingerprint density at radius 2 is 1.86 bits per heavy atom. The van der Waals surface area contributed by atoms with Gasteiger partial charge in [0.15, 0.2) is 4.34 Å². The first-order valence-electron chi connectivity index (χ1n) is 8.88. The van der Waals surface area contributed by atoms with Gasteiger partial charge in [0, 0.05) is 29.4 Å². The van der Waals surface area contributed by atoms with Gasteiger partial charge < -0.3 is 10.2 Å². The van der Waals surface area contributed by atoms with Gasteiger partial charge in [0.25, 0.3) is 5.91 Å². The van der Waals surface area contributed by atoms with Crippen molar-refractivity contribution in [2.75, 3.05) is 24.2 Å². The zero-order valence-corrected chi connectivity index (χ0v) is 18.0. The molecule has 28 heavy (non-hydrogen) atoms. The van der Waals surface area contributed by atoms with E-state index in [9.17, 15) is 9.59 Å². The second-order valence-electron chi connectivity index (χ2n) is 5.98. The van der Waals surface area contributed by atoms with Crippen LogP contribution >= 0.6 is 34.7 Å². The number of carbonyl (C=O) groups is 2. The molecule has 0 saturated heterocycles. The molecule has 2 amide bonds. The Kier molecular flexibility index (Phi) is 6.93. The van der Waals surface area contributed by atoms with Crippen molar-refractivity contribution in [3.8, 4) is 0 Å². The SMILES string of the molecule is CCN(CC)C(=O)c1ccc(NC(=O)CSc2nc3cc(Cl)ccc3s2)cc1. The van der Waals surface area contributed by atoms with Crippen molar-refractivity contribution in [3.05, 3.63) is 53.1 Å². The van der Waals surface area contributed by atoms with Crippen LogP contribution in [-0.2, 0) is 4.79 Å². The van der Waals surface area contributed by atoms with Crippen LogP contribution in [0.15, 0.2) is 46.8 Å². The molecule has 0 atom stereocenters. The van der Waals surface area contributed by atoms with E-state index in [4.69, 9.17) is 11.6 Å². The van der Waals surface area contributed by atoms with Crippen LogP contribution in [0.25, 0.3) is 10.2 Å². The van der Waals surface area contributed by atoms with Crippen molar-refractivity contribution in [1.82, 2.24) is 9.88 Å². The summed E-state index contributed by atoms with van der Waals surface area (Å²) >= 11 is 8.91. The van der Waals surface area contributed by atoms with Gasteiger partial charge in [-0.25, -0.2) is 4.98 Å². The van der Waals surface area contributed by atoms with E-state index in [2.05, 4.69) is 10.3 Å². The van der Waals surface area contributed by atoms with Gasteiger partial charge in [-0.15, -0.1) is 11.3 Å². The predicted octanol–water partition coefficient (Wildman–Crippen LogP) is 5.16. The number of nitrogens with one attached hydrogen (secondary N) is 1. The third-order valence-electron chi connectivity index (χ3n) is 4.12. The van der Waals surface area contributed by atoms with E-state index in [-0.39, 0.29) is 17.6 Å². The molecular weight excluding hydrogens is 414 g/mol. The number of aromatic nitrogens is 1. The highest BCUT2D eigenvalue weighted by molar-refractivity contribution is 8.01. The molecule has 3 aromatic rings. The summed E-state index contributed by atoms with van der Waals surface area (Å²) in [6, 6.07) is 12.6. The van der Waals surface area contributed by atoms with Crippen LogP contribution in [0.4, 0.5) is 5.69 Å². The maximum Gasteiger partial charge on any atom is 0.253 e. The highest BCUT2D eigenvalue weighted by Crippen LogP contribution is 2.31. The minimum Gasteiger partial charge on any atom is -0.339 e. The summed E-state index contributed by atoms with van der Waals surface area (Å²) in [5, 5.41) is 3.50. The summed E-state index contributed by atoms with van der Waals surface area (Å²) in [4.78, 5) is 30.8. The third kappa shape index (κ3) is 5.04. The average molecular weight is 434 g/mol. The van der Waals surface area contributed by atoms with Gasteiger partial charge >= 0.3 is 0 Å². The Bertz CT molecular complexity index is 985. The highest BCUT2D eigenvalue weighted by Gasteiger charge is 2.13. The molecule has 0 aliphatic rings. The van der Waals surface area contributed by atoms with Gasteiger partial charge in [-0.05, 0) is 56.3 Å². The molecule has 5 nitrogen and oxygen atoms in total. The van der Waals surface area contributed by atoms with Crippen LogP contribution in [0, 0.1) is 0 Å². The molecule has 1 heterocycles. The number of benzene rings is 2. The van der Waals surface area contributed by atoms with Crippen molar-refractivity contribution >= 4 is 62.4 Å². The van der Waals surface area contributed by atoms with E-state index in [0.29, 0.717) is 29.4 Å². The average Bonchev–Trinajstić information content (AvgIpc) is 3.10. The Balaban J connectivity index is 1.56. The van der Waals surface area contributed by atoms with Gasteiger partial charge in [0.1, 0.15) is 0 Å². The molecule has 0 radical (unpaired) electrons. The van der Waals surface area contributed by atoms with Crippen molar-refractivity contribution < 1.29 is 9.59 Å². The number of halogens is 1. The van der Waals surface area contributed by atoms with E-state index in [1.807, 2.05) is 32.0 Å². The summed E-state index contributed by atoms with van der Waals surface area (Å²) < 4.78 is 1.87. The zero-order valence-electron chi connectivity index (χ0n) is 15.6. The summed E-state index contributed by atoms with van der Waals surface area (Å²) in [7, 11) is 0. The Labute approximate surface area is 177 Å². The zero-order chi connectivity index (χ0) is 20.1. The summed E-state index contributed by atoms with van der Waals surface area (Å²) in [6.45, 7) is 5.24. The lowest BCUT2D eigenvalue weighted by Crippen LogP contribution is -2.30. The van der Waals surface area contributed by atoms with Gasteiger partial charge in [-0.1, -0.05) is 23.4 Å². The first kappa shape index (κ1) is 20.6. The molecule has 3 rings (SSSR count). The van der Waals surface area contributed by atoms with E-state index >= 15 is 0 Å². The van der Waals surface area contributed by atoms with Crippen LogP contribution in [-0.4, -0.2) is 40.5 Å². The fourth-order valence-electron chi connectivity index (χ4n) is 2.66. The van der Waals surface area contributed by atoms with Crippen molar-refractivity contribution in [3.63, 3.8) is 0 Å². The first-order valence-corrected chi connectivity index (χ1v) is 11.1. The molecule has 0 saturated carbocycles. The topological polar surface area (TPSA) is 62.3 Å². The molecule has 2 aromatic carbocycles. The fourth-order valence-corrected chi connectivity index (χ4v) is 4.67. The van der Waals surface area contributed by atoms with E-state index in [1.165, 1.54) is 23.1 Å². The lowest BCUT2D eigenvalue weighted by Gasteiger charge is -2.18. The maximum atomic E-state index is 12.3. The lowest BCUT2D eigenvalue weighted by molar-refractivity contribution is -0.113. The molecule has 0 spiro atoms. The quantitative estimate of drug-likeness (QED) is 0.522. The lowest BCUT2D eigenvalue weighted by atomic mass is 10.2. The Morgan fingerprint density at radius 3 is 2.54 bits per heavy atom. The molecule has 0 bridgehead atoms. The number of amides is 2. The van der Waals surface area contributed by atoms with Crippen molar-refractivity contribution in [1.29, 1.82) is 0 Å². The second-order valence-corrected chi connectivity index (χ2v) is 8.67. The summed E-state index contributed by atoms with van der Waals surface area (Å²) in [5.74, 6) is 0.132. The molecule has 1 N–H and O–H groups in total. The predicted molar refractivity (Wildman–Crippen MR) is 118 cm³/mol. The standard InChI is InChI=1S/C20H20ClN3O2S2/c1-3-24(4-2)19(26)13-5-8-15(9-6-13)22-18(25)12-27-20-23-16-11-14(21)7-10-17(16)28-20/h5-11H,3-4,12H2,1-2H3,(H,22,25). The number of hydrogen-bond donors (Lipinski definition) is 1. The smallest absolute Gasteiger partial charge is 0.253 e. The molecule has 1 aromatic heterocycles. The normalized spacial score (nSPS) is 10.8. The van der Waals surface area contributed by atoms with Crippen LogP contribution in [0.3, 0.4) is 0 Å². The maximum absolute atomic E-state index is 12.3. The molecule has 8 heteroatoms. The second kappa shape index (κ2) is 9.41. The van der Waals surface area contributed by atoms with Gasteiger partial charge in [-0.3, -0.25) is 9.59 Å². The van der Waals surface area contributed by atoms with E-state index in [1.54, 1.807) is 29.2 Å². The van der Waals surface area contributed by atoms with Crippen molar-refractivity contribution in [2.45, 2.75) is 18.2 Å². The van der Waals surface area contributed by atoms with Gasteiger partial charge in [0.2, 0.25) is 5.91 Å². The third-order valence-corrected chi connectivity index (χ3v) is 6.54. The van der Waals surface area contributed by atoms with Crippen LogP contribution in [0.5, 0.6) is 0 Å². The Hall–Kier alpha value is -2.09. The van der Waals surface area contributed by atoms with E-state index in [0.717, 1.165) is 14.6 Å². The number of carbonyl (C=O) groups excluding carboxylic acids is 2. The molecule has 0 aliphatic carbocycles. The molecule has 0 aliphatic heterocycles. The number of rotatable bonds is 7. The molecule has 0 fully saturated rings. The summed E-state index contributed by atoms with van der Waals surface area (Å²) in [6.07, 6.45) is 0. The van der Waals surface area contributed by atoms with Gasteiger partial charge in [-0.2, -0.15) is 0 Å². The molecule has 146 valence electrons. The molecule has 0 unspecified atom stereocenters.